The Bertz CT molecular complexity index is 963. The SMILES string of the molecule is Cc1cc(N(C)C(=O)C(F)(F)F)cc2nc(-c3ccccc3F)oc12. The predicted octanol–water partition coefficient (Wildman–Crippen LogP) is 4.47. The molecule has 0 spiro atoms. The summed E-state index contributed by atoms with van der Waals surface area (Å²) in [5.74, 6) is -2.52. The van der Waals surface area contributed by atoms with Gasteiger partial charge in [0.2, 0.25) is 5.89 Å². The lowest BCUT2D eigenvalue weighted by Crippen LogP contribution is -2.38. The van der Waals surface area contributed by atoms with Gasteiger partial charge in [0.25, 0.3) is 0 Å². The summed E-state index contributed by atoms with van der Waals surface area (Å²) in [6.07, 6.45) is -4.99. The van der Waals surface area contributed by atoms with Crippen LogP contribution in [0.15, 0.2) is 40.8 Å². The number of amides is 1. The summed E-state index contributed by atoms with van der Waals surface area (Å²) in [5, 5.41) is 0. The Morgan fingerprint density at radius 2 is 1.88 bits per heavy atom. The van der Waals surface area contributed by atoms with Gasteiger partial charge in [-0.15, -0.1) is 0 Å². The van der Waals surface area contributed by atoms with Crippen LogP contribution in [-0.4, -0.2) is 24.1 Å². The topological polar surface area (TPSA) is 46.3 Å². The molecule has 0 unspecified atom stereocenters. The molecule has 0 saturated heterocycles. The first-order valence-corrected chi connectivity index (χ1v) is 7.19. The fraction of sp³-hybridized carbons (Fsp3) is 0.176. The van der Waals surface area contributed by atoms with Crippen molar-refractivity contribution < 1.29 is 26.8 Å². The number of aromatic nitrogens is 1. The molecule has 1 aromatic heterocycles. The fourth-order valence-corrected chi connectivity index (χ4v) is 2.43. The summed E-state index contributed by atoms with van der Waals surface area (Å²) in [6, 6.07) is 8.53. The van der Waals surface area contributed by atoms with Crippen LogP contribution in [0.3, 0.4) is 0 Å². The van der Waals surface area contributed by atoms with Gasteiger partial charge in [0.15, 0.2) is 5.58 Å². The number of fused-ring (bicyclic) bond motifs is 1. The van der Waals surface area contributed by atoms with E-state index < -0.39 is 17.9 Å². The van der Waals surface area contributed by atoms with Gasteiger partial charge in [-0.1, -0.05) is 12.1 Å². The normalized spacial score (nSPS) is 11.8. The lowest BCUT2D eigenvalue weighted by molar-refractivity contribution is -0.170. The van der Waals surface area contributed by atoms with Gasteiger partial charge in [-0.05, 0) is 36.8 Å². The van der Waals surface area contributed by atoms with E-state index in [1.807, 2.05) is 0 Å². The van der Waals surface area contributed by atoms with E-state index in [2.05, 4.69) is 4.98 Å². The minimum absolute atomic E-state index is 0.0122. The van der Waals surface area contributed by atoms with Crippen molar-refractivity contribution in [2.24, 2.45) is 0 Å². The molecular weight excluding hydrogens is 340 g/mol. The van der Waals surface area contributed by atoms with Gasteiger partial charge in [-0.25, -0.2) is 9.37 Å². The van der Waals surface area contributed by atoms with E-state index in [4.69, 9.17) is 4.42 Å². The third-order valence-corrected chi connectivity index (χ3v) is 3.70. The third-order valence-electron chi connectivity index (χ3n) is 3.70. The quantitative estimate of drug-likeness (QED) is 0.640. The Kier molecular flexibility index (Phi) is 3.98. The van der Waals surface area contributed by atoms with Crippen LogP contribution in [0.5, 0.6) is 0 Å². The van der Waals surface area contributed by atoms with E-state index in [9.17, 15) is 22.4 Å². The van der Waals surface area contributed by atoms with Crippen LogP contribution < -0.4 is 4.90 Å². The molecule has 130 valence electrons. The Labute approximate surface area is 139 Å². The number of carbonyl (C=O) groups excluding carboxylic acids is 1. The van der Waals surface area contributed by atoms with Gasteiger partial charge in [0.05, 0.1) is 5.56 Å². The van der Waals surface area contributed by atoms with E-state index in [1.165, 1.54) is 30.3 Å². The number of anilines is 1. The van der Waals surface area contributed by atoms with E-state index in [0.717, 1.165) is 7.05 Å². The maximum Gasteiger partial charge on any atom is 0.471 e. The van der Waals surface area contributed by atoms with Crippen LogP contribution in [-0.2, 0) is 4.79 Å². The number of halogens is 4. The number of alkyl halides is 3. The van der Waals surface area contributed by atoms with Crippen LogP contribution in [0, 0.1) is 12.7 Å². The van der Waals surface area contributed by atoms with Crippen LogP contribution in [0.4, 0.5) is 23.2 Å². The lowest BCUT2D eigenvalue weighted by atomic mass is 10.2. The van der Waals surface area contributed by atoms with Crippen molar-refractivity contribution in [3.8, 4) is 11.5 Å². The molecule has 1 heterocycles. The minimum Gasteiger partial charge on any atom is -0.436 e. The van der Waals surface area contributed by atoms with Crippen LogP contribution in [0.25, 0.3) is 22.6 Å². The van der Waals surface area contributed by atoms with Crippen molar-refractivity contribution >= 4 is 22.7 Å². The smallest absolute Gasteiger partial charge is 0.436 e. The first kappa shape index (κ1) is 16.9. The number of hydrogen-bond donors (Lipinski definition) is 0. The van der Waals surface area contributed by atoms with Crippen molar-refractivity contribution in [1.82, 2.24) is 4.98 Å². The first-order chi connectivity index (χ1) is 11.7. The standard InChI is InChI=1S/C17H12F4N2O2/c1-9-7-10(23(2)16(24)17(19,20)21)8-13-14(9)25-15(22-13)11-5-3-4-6-12(11)18/h3-8H,1-2H3. The number of hydrogen-bond acceptors (Lipinski definition) is 3. The molecule has 0 fully saturated rings. The van der Waals surface area contributed by atoms with Gasteiger partial charge in [0, 0.05) is 12.7 Å². The number of nitrogens with zero attached hydrogens (tertiary/aromatic N) is 2. The molecule has 3 aromatic rings. The number of benzene rings is 2. The number of carbonyl (C=O) groups is 1. The predicted molar refractivity (Wildman–Crippen MR) is 83.6 cm³/mol. The van der Waals surface area contributed by atoms with Crippen LogP contribution in [0.2, 0.25) is 0 Å². The van der Waals surface area contributed by atoms with E-state index >= 15 is 0 Å². The second-order valence-corrected chi connectivity index (χ2v) is 5.47. The summed E-state index contributed by atoms with van der Waals surface area (Å²) in [5.41, 5.74) is 1.18. The molecule has 1 amide bonds. The summed E-state index contributed by atoms with van der Waals surface area (Å²) in [7, 11) is 1.02. The molecule has 4 nitrogen and oxygen atoms in total. The van der Waals surface area contributed by atoms with Crippen molar-refractivity contribution in [2.75, 3.05) is 11.9 Å². The first-order valence-electron chi connectivity index (χ1n) is 7.19. The molecule has 0 aliphatic heterocycles. The summed E-state index contributed by atoms with van der Waals surface area (Å²) < 4.78 is 57.2. The highest BCUT2D eigenvalue weighted by Crippen LogP contribution is 2.32. The zero-order valence-corrected chi connectivity index (χ0v) is 13.2. The molecule has 0 aliphatic rings. The molecule has 25 heavy (non-hydrogen) atoms. The maximum absolute atomic E-state index is 13.9. The highest BCUT2D eigenvalue weighted by atomic mass is 19.4. The highest BCUT2D eigenvalue weighted by molar-refractivity contribution is 5.98. The molecule has 8 heteroatoms. The molecule has 0 radical (unpaired) electrons. The largest absolute Gasteiger partial charge is 0.471 e. The minimum atomic E-state index is -4.99. The molecule has 0 saturated carbocycles. The number of aryl methyl sites for hydroxylation is 1. The summed E-state index contributed by atoms with van der Waals surface area (Å²) in [4.78, 5) is 16.0. The van der Waals surface area contributed by atoms with Gasteiger partial charge < -0.3 is 9.32 Å². The Morgan fingerprint density at radius 3 is 2.52 bits per heavy atom. The Morgan fingerprint density at radius 1 is 1.20 bits per heavy atom. The van der Waals surface area contributed by atoms with Crippen LogP contribution in [0.1, 0.15) is 5.56 Å². The van der Waals surface area contributed by atoms with E-state index in [1.54, 1.807) is 13.0 Å². The highest BCUT2D eigenvalue weighted by Gasteiger charge is 2.41. The third kappa shape index (κ3) is 3.07. The molecular formula is C17H12F4N2O2. The second kappa shape index (κ2) is 5.87. The zero-order valence-electron chi connectivity index (χ0n) is 13.2. The summed E-state index contributed by atoms with van der Waals surface area (Å²) >= 11 is 0. The number of rotatable bonds is 2. The molecule has 0 bridgehead atoms. The van der Waals surface area contributed by atoms with Crippen molar-refractivity contribution in [3.63, 3.8) is 0 Å². The van der Waals surface area contributed by atoms with E-state index in [0.29, 0.717) is 16.0 Å². The Hall–Kier alpha value is -2.90. The van der Waals surface area contributed by atoms with Gasteiger partial charge in [-0.2, -0.15) is 13.2 Å². The Balaban J connectivity index is 2.09. The molecule has 0 aliphatic carbocycles. The van der Waals surface area contributed by atoms with Crippen LogP contribution >= 0.6 is 0 Å². The average Bonchev–Trinajstić information content (AvgIpc) is 2.97. The lowest BCUT2D eigenvalue weighted by Gasteiger charge is -2.19. The summed E-state index contributed by atoms with van der Waals surface area (Å²) in [6.45, 7) is 1.61. The molecule has 2 aromatic carbocycles. The van der Waals surface area contributed by atoms with Crippen molar-refractivity contribution in [1.29, 1.82) is 0 Å². The van der Waals surface area contributed by atoms with E-state index in [-0.39, 0.29) is 22.7 Å². The van der Waals surface area contributed by atoms with Gasteiger partial charge in [-0.3, -0.25) is 4.79 Å². The molecule has 3 rings (SSSR count). The van der Waals surface area contributed by atoms with Gasteiger partial charge >= 0.3 is 12.1 Å². The average molecular weight is 352 g/mol. The maximum atomic E-state index is 13.9. The zero-order chi connectivity index (χ0) is 18.4. The monoisotopic (exact) mass is 352 g/mol. The van der Waals surface area contributed by atoms with Crippen molar-refractivity contribution in [3.05, 3.63) is 47.8 Å². The number of oxazole rings is 1. The molecule has 0 atom stereocenters. The van der Waals surface area contributed by atoms with Gasteiger partial charge in [0.1, 0.15) is 11.3 Å². The second-order valence-electron chi connectivity index (χ2n) is 5.47. The fourth-order valence-electron chi connectivity index (χ4n) is 2.43. The van der Waals surface area contributed by atoms with Crippen molar-refractivity contribution in [2.45, 2.75) is 13.1 Å². The molecule has 0 N–H and O–H groups in total.